The molecule has 0 fully saturated rings. The maximum absolute atomic E-state index is 2.39. The zero-order valence-corrected chi connectivity index (χ0v) is 11.5. The Bertz CT molecular complexity index is 241. The third kappa shape index (κ3) is 2.89. The summed E-state index contributed by atoms with van der Waals surface area (Å²) in [6, 6.07) is 11.0. The van der Waals surface area contributed by atoms with Gasteiger partial charge in [0.05, 0.1) is 0 Å². The van der Waals surface area contributed by atoms with Gasteiger partial charge < -0.3 is 0 Å². The van der Waals surface area contributed by atoms with Gasteiger partial charge in [0.2, 0.25) is 0 Å². The molecule has 0 heterocycles. The second-order valence-corrected chi connectivity index (χ2v) is 14.2. The summed E-state index contributed by atoms with van der Waals surface area (Å²) in [5.41, 5.74) is 1.56. The summed E-state index contributed by atoms with van der Waals surface area (Å²) >= 11 is -1.31. The van der Waals surface area contributed by atoms with E-state index in [1.165, 1.54) is 20.8 Å². The standard InChI is InChI=1S/C13H22As/c1-4-14(5-2,6-3)12-13-10-8-7-9-11-13/h7-11H,4-6,12H2,1-3H3/q+1. The molecule has 0 saturated carbocycles. The van der Waals surface area contributed by atoms with E-state index in [2.05, 4.69) is 51.1 Å². The molecule has 0 aliphatic heterocycles. The van der Waals surface area contributed by atoms with Gasteiger partial charge in [0.25, 0.3) is 0 Å². The molecule has 1 aromatic carbocycles. The molecule has 0 radical (unpaired) electrons. The molecule has 0 bridgehead atoms. The minimum atomic E-state index is -1.31. The van der Waals surface area contributed by atoms with Crippen LogP contribution in [-0.4, -0.2) is 13.6 Å². The normalized spacial score (nSPS) is 11.6. The van der Waals surface area contributed by atoms with E-state index in [1.54, 1.807) is 5.56 Å². The third-order valence-electron chi connectivity index (χ3n) is 3.37. The van der Waals surface area contributed by atoms with E-state index in [1.807, 2.05) is 0 Å². The Hall–Kier alpha value is -0.222. The molecule has 1 aromatic rings. The minimum absolute atomic E-state index is 1.31. The van der Waals surface area contributed by atoms with Crippen LogP contribution in [0.5, 0.6) is 0 Å². The summed E-state index contributed by atoms with van der Waals surface area (Å²) in [5.74, 6) is 0. The van der Waals surface area contributed by atoms with Gasteiger partial charge in [-0.15, -0.1) is 0 Å². The molecule has 0 atom stereocenters. The quantitative estimate of drug-likeness (QED) is 0.687. The van der Waals surface area contributed by atoms with Crippen LogP contribution in [0.4, 0.5) is 0 Å². The van der Waals surface area contributed by atoms with Gasteiger partial charge in [-0.1, -0.05) is 0 Å². The molecule has 14 heavy (non-hydrogen) atoms. The molecule has 0 aliphatic rings. The monoisotopic (exact) mass is 253 g/mol. The van der Waals surface area contributed by atoms with Crippen molar-refractivity contribution in [2.24, 2.45) is 0 Å². The van der Waals surface area contributed by atoms with E-state index >= 15 is 0 Å². The van der Waals surface area contributed by atoms with E-state index in [0.717, 1.165) is 0 Å². The predicted octanol–water partition coefficient (Wildman–Crippen LogP) is 4.28. The van der Waals surface area contributed by atoms with Crippen LogP contribution in [0.25, 0.3) is 0 Å². The number of hydrogen-bond donors (Lipinski definition) is 0. The van der Waals surface area contributed by atoms with Gasteiger partial charge in [0.15, 0.2) is 0 Å². The Kier molecular flexibility index (Phi) is 4.75. The Morgan fingerprint density at radius 1 is 0.857 bits per heavy atom. The summed E-state index contributed by atoms with van der Waals surface area (Å²) in [5, 5.41) is 5.78. The van der Waals surface area contributed by atoms with Gasteiger partial charge in [-0.3, -0.25) is 0 Å². The van der Waals surface area contributed by atoms with E-state index in [-0.39, 0.29) is 0 Å². The van der Waals surface area contributed by atoms with Crippen molar-refractivity contribution < 1.29 is 0 Å². The van der Waals surface area contributed by atoms with Crippen molar-refractivity contribution >= 4 is 13.6 Å². The van der Waals surface area contributed by atoms with Gasteiger partial charge in [-0.05, 0) is 0 Å². The zero-order chi connectivity index (χ0) is 10.4. The van der Waals surface area contributed by atoms with Crippen LogP contribution in [0.15, 0.2) is 30.3 Å². The first kappa shape index (κ1) is 11.9. The molecule has 78 valence electrons. The molecule has 0 nitrogen and oxygen atoms in total. The maximum atomic E-state index is 2.39. The predicted molar refractivity (Wildman–Crippen MR) is 67.3 cm³/mol. The molecule has 0 aliphatic carbocycles. The Morgan fingerprint density at radius 2 is 1.36 bits per heavy atom. The van der Waals surface area contributed by atoms with Gasteiger partial charge in [0, 0.05) is 0 Å². The van der Waals surface area contributed by atoms with E-state index in [4.69, 9.17) is 0 Å². The van der Waals surface area contributed by atoms with Crippen molar-refractivity contribution in [3.8, 4) is 0 Å². The van der Waals surface area contributed by atoms with Gasteiger partial charge in [0.1, 0.15) is 0 Å². The fourth-order valence-electron chi connectivity index (χ4n) is 1.98. The number of rotatable bonds is 5. The summed E-state index contributed by atoms with van der Waals surface area (Å²) in [6.45, 7) is 7.18. The molecule has 0 N–H and O–H groups in total. The molecule has 1 rings (SSSR count). The van der Waals surface area contributed by atoms with Crippen LogP contribution in [0, 0.1) is 0 Å². The molecule has 0 unspecified atom stereocenters. The van der Waals surface area contributed by atoms with Crippen molar-refractivity contribution in [1.29, 1.82) is 0 Å². The van der Waals surface area contributed by atoms with E-state index in [9.17, 15) is 0 Å². The zero-order valence-electron chi connectivity index (χ0n) is 9.66. The van der Waals surface area contributed by atoms with Crippen LogP contribution >= 0.6 is 0 Å². The molecular formula is C13H22As+. The summed E-state index contributed by atoms with van der Waals surface area (Å²) < 4.78 is 0. The van der Waals surface area contributed by atoms with Crippen molar-refractivity contribution in [2.45, 2.75) is 41.6 Å². The number of hydrogen-bond acceptors (Lipinski definition) is 0. The van der Waals surface area contributed by atoms with Crippen LogP contribution in [0.2, 0.25) is 15.6 Å². The molecular weight excluding hydrogens is 231 g/mol. The Balaban J connectivity index is 2.74. The Morgan fingerprint density at radius 3 is 1.79 bits per heavy atom. The van der Waals surface area contributed by atoms with Gasteiger partial charge >= 0.3 is 91.1 Å². The SMILES string of the molecule is CC[As+](CC)(CC)Cc1ccccc1. The molecule has 0 saturated heterocycles. The summed E-state index contributed by atoms with van der Waals surface area (Å²) in [6.07, 6.45) is 0. The first-order valence-electron chi connectivity index (χ1n) is 5.65. The third-order valence-corrected chi connectivity index (χ3v) is 14.0. The first-order chi connectivity index (χ1) is 6.76. The average molecular weight is 253 g/mol. The van der Waals surface area contributed by atoms with Crippen molar-refractivity contribution in [2.75, 3.05) is 0 Å². The molecule has 0 spiro atoms. The average Bonchev–Trinajstić information content (AvgIpc) is 2.28. The number of benzene rings is 1. The topological polar surface area (TPSA) is 0 Å². The van der Waals surface area contributed by atoms with Crippen LogP contribution in [-0.2, 0) is 5.21 Å². The fraction of sp³-hybridized carbons (Fsp3) is 0.538. The first-order valence-corrected chi connectivity index (χ1v) is 11.0. The van der Waals surface area contributed by atoms with Crippen LogP contribution in [0.1, 0.15) is 26.3 Å². The fourth-order valence-corrected chi connectivity index (χ4v) is 8.27. The van der Waals surface area contributed by atoms with Crippen molar-refractivity contribution in [1.82, 2.24) is 0 Å². The molecule has 0 aromatic heterocycles. The van der Waals surface area contributed by atoms with Crippen LogP contribution in [0.3, 0.4) is 0 Å². The van der Waals surface area contributed by atoms with Gasteiger partial charge in [-0.25, -0.2) is 0 Å². The van der Waals surface area contributed by atoms with E-state index < -0.39 is 13.6 Å². The van der Waals surface area contributed by atoms with Crippen molar-refractivity contribution in [3.63, 3.8) is 0 Å². The summed E-state index contributed by atoms with van der Waals surface area (Å²) in [7, 11) is 0. The van der Waals surface area contributed by atoms with Crippen LogP contribution < -0.4 is 0 Å². The van der Waals surface area contributed by atoms with Crippen molar-refractivity contribution in [3.05, 3.63) is 35.9 Å². The second-order valence-electron chi connectivity index (χ2n) is 3.93. The summed E-state index contributed by atoms with van der Waals surface area (Å²) in [4.78, 5) is 0. The van der Waals surface area contributed by atoms with Gasteiger partial charge in [-0.2, -0.15) is 0 Å². The molecule has 1 heteroatoms. The second kappa shape index (κ2) is 5.61. The Labute approximate surface area is 91.2 Å². The molecule has 0 amide bonds. The van der Waals surface area contributed by atoms with E-state index in [0.29, 0.717) is 0 Å².